The van der Waals surface area contributed by atoms with Crippen LogP contribution in [0.1, 0.15) is 23.7 Å². The van der Waals surface area contributed by atoms with Crippen LogP contribution in [0.4, 0.5) is 5.69 Å². The molecule has 0 bridgehead atoms. The van der Waals surface area contributed by atoms with Crippen molar-refractivity contribution < 1.29 is 14.3 Å². The first-order valence-corrected chi connectivity index (χ1v) is 7.35. The van der Waals surface area contributed by atoms with E-state index < -0.39 is 0 Å². The van der Waals surface area contributed by atoms with E-state index in [9.17, 15) is 4.79 Å². The molecule has 0 aromatic heterocycles. The van der Waals surface area contributed by atoms with Crippen LogP contribution in [0.15, 0.2) is 42.5 Å². The van der Waals surface area contributed by atoms with Crippen molar-refractivity contribution in [2.24, 2.45) is 0 Å². The minimum atomic E-state index is -0.0189. The van der Waals surface area contributed by atoms with Crippen LogP contribution in [-0.2, 0) is 0 Å². The van der Waals surface area contributed by atoms with Gasteiger partial charge in [-0.15, -0.1) is 0 Å². The summed E-state index contributed by atoms with van der Waals surface area (Å²) in [5, 5.41) is 0.681. The van der Waals surface area contributed by atoms with Crippen molar-refractivity contribution in [1.29, 1.82) is 0 Å². The number of nitrogens with two attached hydrogens (primary N) is 1. The van der Waals surface area contributed by atoms with Gasteiger partial charge in [0.1, 0.15) is 11.5 Å². The summed E-state index contributed by atoms with van der Waals surface area (Å²) in [7, 11) is 0. The lowest BCUT2D eigenvalue weighted by Crippen LogP contribution is -2.06. The first kappa shape index (κ1) is 16.2. The molecule has 0 radical (unpaired) electrons. The van der Waals surface area contributed by atoms with Crippen molar-refractivity contribution in [2.45, 2.75) is 13.3 Å². The van der Waals surface area contributed by atoms with Crippen LogP contribution in [-0.4, -0.2) is 19.0 Å². The molecule has 0 fully saturated rings. The molecule has 22 heavy (non-hydrogen) atoms. The molecule has 4 nitrogen and oxygen atoms in total. The number of Topliss-reactive ketones (excluding diaryl/α,β-unsaturated/α-hetero) is 1. The standard InChI is InChI=1S/C17H18ClNO3/c1-12(20)13-3-8-17(16(19)11-13)22-10-2-9-21-15-6-4-14(18)5-7-15/h3-8,11H,2,9-10,19H2,1H3. The molecule has 0 atom stereocenters. The van der Waals surface area contributed by atoms with Crippen molar-refractivity contribution in [2.75, 3.05) is 18.9 Å². The molecule has 116 valence electrons. The summed E-state index contributed by atoms with van der Waals surface area (Å²) in [6.45, 7) is 2.52. The fourth-order valence-electron chi connectivity index (χ4n) is 1.86. The van der Waals surface area contributed by atoms with Gasteiger partial charge in [0.15, 0.2) is 5.78 Å². The number of rotatable bonds is 7. The Morgan fingerprint density at radius 1 is 1.09 bits per heavy atom. The molecule has 0 unspecified atom stereocenters. The van der Waals surface area contributed by atoms with Crippen molar-refractivity contribution in [3.05, 3.63) is 53.1 Å². The Labute approximate surface area is 134 Å². The summed E-state index contributed by atoms with van der Waals surface area (Å²) in [6, 6.07) is 12.3. The Hall–Kier alpha value is -2.20. The van der Waals surface area contributed by atoms with E-state index in [1.165, 1.54) is 6.92 Å². The molecule has 0 saturated carbocycles. The lowest BCUT2D eigenvalue weighted by atomic mass is 10.1. The predicted octanol–water partition coefficient (Wildman–Crippen LogP) is 3.97. The van der Waals surface area contributed by atoms with Crippen LogP contribution in [0.25, 0.3) is 0 Å². The van der Waals surface area contributed by atoms with Gasteiger partial charge in [-0.2, -0.15) is 0 Å². The second kappa shape index (κ2) is 7.71. The first-order chi connectivity index (χ1) is 10.6. The Morgan fingerprint density at radius 2 is 1.77 bits per heavy atom. The lowest BCUT2D eigenvalue weighted by Gasteiger charge is -2.10. The zero-order valence-corrected chi connectivity index (χ0v) is 13.1. The number of hydrogen-bond acceptors (Lipinski definition) is 4. The topological polar surface area (TPSA) is 61.5 Å². The molecular weight excluding hydrogens is 302 g/mol. The van der Waals surface area contributed by atoms with Gasteiger partial charge in [-0.25, -0.2) is 0 Å². The van der Waals surface area contributed by atoms with E-state index in [2.05, 4.69) is 0 Å². The van der Waals surface area contributed by atoms with Crippen molar-refractivity contribution in [3.8, 4) is 11.5 Å². The van der Waals surface area contributed by atoms with Gasteiger partial charge in [0.25, 0.3) is 0 Å². The smallest absolute Gasteiger partial charge is 0.159 e. The number of nitrogen functional groups attached to an aromatic ring is 1. The van der Waals surface area contributed by atoms with E-state index in [0.29, 0.717) is 35.2 Å². The van der Waals surface area contributed by atoms with Gasteiger partial charge in [0, 0.05) is 17.0 Å². The lowest BCUT2D eigenvalue weighted by molar-refractivity contribution is 0.101. The number of benzene rings is 2. The predicted molar refractivity (Wildman–Crippen MR) is 87.9 cm³/mol. The van der Waals surface area contributed by atoms with Gasteiger partial charge in [0.05, 0.1) is 18.9 Å². The second-order valence-corrected chi connectivity index (χ2v) is 5.25. The second-order valence-electron chi connectivity index (χ2n) is 4.81. The van der Waals surface area contributed by atoms with Crippen LogP contribution >= 0.6 is 11.6 Å². The third-order valence-electron chi connectivity index (χ3n) is 3.04. The van der Waals surface area contributed by atoms with Crippen molar-refractivity contribution in [1.82, 2.24) is 0 Å². The van der Waals surface area contributed by atoms with E-state index >= 15 is 0 Å². The number of ether oxygens (including phenoxy) is 2. The monoisotopic (exact) mass is 319 g/mol. The van der Waals surface area contributed by atoms with Gasteiger partial charge in [-0.1, -0.05) is 11.6 Å². The molecule has 2 N–H and O–H groups in total. The van der Waals surface area contributed by atoms with E-state index in [1.807, 2.05) is 12.1 Å². The number of carbonyl (C=O) groups is 1. The highest BCUT2D eigenvalue weighted by molar-refractivity contribution is 6.30. The minimum Gasteiger partial charge on any atom is -0.493 e. The van der Waals surface area contributed by atoms with Crippen molar-refractivity contribution in [3.63, 3.8) is 0 Å². The highest BCUT2D eigenvalue weighted by Gasteiger charge is 2.05. The van der Waals surface area contributed by atoms with Gasteiger partial charge < -0.3 is 15.2 Å². The molecule has 2 aromatic rings. The minimum absolute atomic E-state index is 0.0189. The molecule has 0 spiro atoms. The first-order valence-electron chi connectivity index (χ1n) is 6.98. The van der Waals surface area contributed by atoms with Crippen LogP contribution < -0.4 is 15.2 Å². The molecule has 0 heterocycles. The largest absolute Gasteiger partial charge is 0.493 e. The molecule has 0 aliphatic rings. The quantitative estimate of drug-likeness (QED) is 0.476. The molecule has 0 amide bonds. The Bertz CT molecular complexity index is 641. The van der Waals surface area contributed by atoms with E-state index in [4.69, 9.17) is 26.8 Å². The maximum absolute atomic E-state index is 11.2. The summed E-state index contributed by atoms with van der Waals surface area (Å²) >= 11 is 5.80. The zero-order valence-electron chi connectivity index (χ0n) is 12.3. The maximum Gasteiger partial charge on any atom is 0.159 e. The summed E-state index contributed by atoms with van der Waals surface area (Å²) in [4.78, 5) is 11.2. The van der Waals surface area contributed by atoms with Crippen LogP contribution in [0, 0.1) is 0 Å². The molecule has 5 heteroatoms. The summed E-state index contributed by atoms with van der Waals surface area (Å²) < 4.78 is 11.2. The number of carbonyl (C=O) groups excluding carboxylic acids is 1. The highest BCUT2D eigenvalue weighted by Crippen LogP contribution is 2.23. The number of ketones is 1. The maximum atomic E-state index is 11.2. The van der Waals surface area contributed by atoms with Crippen LogP contribution in [0.5, 0.6) is 11.5 Å². The van der Waals surface area contributed by atoms with E-state index in [1.54, 1.807) is 30.3 Å². The van der Waals surface area contributed by atoms with Gasteiger partial charge in [-0.05, 0) is 49.4 Å². The fourth-order valence-corrected chi connectivity index (χ4v) is 1.99. The molecule has 0 saturated heterocycles. The normalized spacial score (nSPS) is 10.3. The van der Waals surface area contributed by atoms with E-state index in [-0.39, 0.29) is 5.78 Å². The van der Waals surface area contributed by atoms with Gasteiger partial charge in [0.2, 0.25) is 0 Å². The van der Waals surface area contributed by atoms with Crippen molar-refractivity contribution >= 4 is 23.1 Å². The van der Waals surface area contributed by atoms with E-state index in [0.717, 1.165) is 12.2 Å². The van der Waals surface area contributed by atoms with Crippen LogP contribution in [0.3, 0.4) is 0 Å². The molecule has 2 rings (SSSR count). The van der Waals surface area contributed by atoms with Gasteiger partial charge in [-0.3, -0.25) is 4.79 Å². The number of anilines is 1. The zero-order chi connectivity index (χ0) is 15.9. The average Bonchev–Trinajstić information content (AvgIpc) is 2.50. The third-order valence-corrected chi connectivity index (χ3v) is 3.30. The SMILES string of the molecule is CC(=O)c1ccc(OCCCOc2ccc(Cl)cc2)c(N)c1. The highest BCUT2D eigenvalue weighted by atomic mass is 35.5. The summed E-state index contributed by atoms with van der Waals surface area (Å²) in [5.41, 5.74) is 6.90. The fraction of sp³-hybridized carbons (Fsp3) is 0.235. The Balaban J connectivity index is 1.74. The molecule has 0 aliphatic heterocycles. The Kier molecular flexibility index (Phi) is 5.67. The third kappa shape index (κ3) is 4.67. The summed E-state index contributed by atoms with van der Waals surface area (Å²) in [5.74, 6) is 1.33. The van der Waals surface area contributed by atoms with Crippen LogP contribution in [0.2, 0.25) is 5.02 Å². The summed E-state index contributed by atoms with van der Waals surface area (Å²) in [6.07, 6.45) is 0.719. The molecular formula is C17H18ClNO3. The number of hydrogen-bond donors (Lipinski definition) is 1. The molecule has 0 aliphatic carbocycles. The number of halogens is 1. The van der Waals surface area contributed by atoms with Gasteiger partial charge >= 0.3 is 0 Å². The molecule has 2 aromatic carbocycles. The average molecular weight is 320 g/mol. The Morgan fingerprint density at radius 3 is 2.41 bits per heavy atom.